The Morgan fingerprint density at radius 1 is 1.24 bits per heavy atom. The van der Waals surface area contributed by atoms with Crippen molar-refractivity contribution >= 4 is 0 Å². The summed E-state index contributed by atoms with van der Waals surface area (Å²) in [6.45, 7) is 6.37. The van der Waals surface area contributed by atoms with Gasteiger partial charge < -0.3 is 10.5 Å². The molecule has 2 unspecified atom stereocenters. The van der Waals surface area contributed by atoms with Crippen LogP contribution < -0.4 is 5.73 Å². The van der Waals surface area contributed by atoms with E-state index in [9.17, 15) is 0 Å². The zero-order chi connectivity index (χ0) is 12.9. The number of aryl methyl sites for hydroxylation is 1. The molecule has 0 fully saturated rings. The molecule has 0 saturated heterocycles. The Morgan fingerprint density at radius 2 is 1.82 bits per heavy atom. The molecule has 0 amide bonds. The standard InChI is InChI=1S/C15H25NO/c1-5-7-12-8-10-13(11-9-12)14(16)15(3,6-2)17-4/h8-11,14H,5-7,16H2,1-4H3. The maximum Gasteiger partial charge on any atom is 0.0839 e. The molecule has 0 heterocycles. The number of nitrogens with two attached hydrogens (primary N) is 1. The second-order valence-electron chi connectivity index (χ2n) is 4.84. The lowest BCUT2D eigenvalue weighted by Gasteiger charge is -2.33. The molecule has 1 aromatic carbocycles. The van der Waals surface area contributed by atoms with E-state index in [0.717, 1.165) is 18.4 Å². The van der Waals surface area contributed by atoms with Crippen LogP contribution >= 0.6 is 0 Å². The van der Waals surface area contributed by atoms with Gasteiger partial charge in [0.25, 0.3) is 0 Å². The van der Waals surface area contributed by atoms with Gasteiger partial charge in [0.15, 0.2) is 0 Å². The van der Waals surface area contributed by atoms with E-state index in [0.29, 0.717) is 0 Å². The molecule has 1 rings (SSSR count). The van der Waals surface area contributed by atoms with Crippen molar-refractivity contribution in [2.45, 2.75) is 51.7 Å². The summed E-state index contributed by atoms with van der Waals surface area (Å²) in [5, 5.41) is 0. The van der Waals surface area contributed by atoms with Gasteiger partial charge in [-0.3, -0.25) is 0 Å². The Labute approximate surface area is 105 Å². The molecule has 0 aliphatic rings. The maximum atomic E-state index is 6.29. The predicted molar refractivity (Wildman–Crippen MR) is 73.1 cm³/mol. The molecular weight excluding hydrogens is 210 g/mol. The Balaban J connectivity index is 2.85. The van der Waals surface area contributed by atoms with Crippen molar-refractivity contribution in [3.63, 3.8) is 0 Å². The minimum absolute atomic E-state index is 0.0758. The number of hydrogen-bond acceptors (Lipinski definition) is 2. The van der Waals surface area contributed by atoms with Crippen molar-refractivity contribution in [1.82, 2.24) is 0 Å². The largest absolute Gasteiger partial charge is 0.377 e. The van der Waals surface area contributed by atoms with E-state index in [1.54, 1.807) is 7.11 Å². The fraction of sp³-hybridized carbons (Fsp3) is 0.600. The van der Waals surface area contributed by atoms with Gasteiger partial charge in [-0.05, 0) is 30.9 Å². The van der Waals surface area contributed by atoms with Crippen molar-refractivity contribution in [3.8, 4) is 0 Å². The summed E-state index contributed by atoms with van der Waals surface area (Å²) in [6.07, 6.45) is 3.21. The lowest BCUT2D eigenvalue weighted by molar-refractivity contribution is -0.0194. The summed E-state index contributed by atoms with van der Waals surface area (Å²) in [5.74, 6) is 0. The van der Waals surface area contributed by atoms with E-state index in [-0.39, 0.29) is 11.6 Å². The molecule has 0 aliphatic heterocycles. The molecule has 0 spiro atoms. The van der Waals surface area contributed by atoms with E-state index < -0.39 is 0 Å². The number of methoxy groups -OCH3 is 1. The summed E-state index contributed by atoms with van der Waals surface area (Å²) in [7, 11) is 1.73. The van der Waals surface area contributed by atoms with Gasteiger partial charge in [0.05, 0.1) is 11.6 Å². The van der Waals surface area contributed by atoms with E-state index in [1.807, 2.05) is 0 Å². The number of hydrogen-bond donors (Lipinski definition) is 1. The molecular formula is C15H25NO. The van der Waals surface area contributed by atoms with Crippen LogP contribution in [0.25, 0.3) is 0 Å². The van der Waals surface area contributed by atoms with Crippen LogP contribution in [0.2, 0.25) is 0 Å². The van der Waals surface area contributed by atoms with Crippen LogP contribution in [-0.2, 0) is 11.2 Å². The highest BCUT2D eigenvalue weighted by Gasteiger charge is 2.30. The fourth-order valence-corrected chi connectivity index (χ4v) is 2.02. The molecule has 2 heteroatoms. The Hall–Kier alpha value is -0.860. The van der Waals surface area contributed by atoms with Crippen molar-refractivity contribution < 1.29 is 4.74 Å². The SMILES string of the molecule is CCCc1ccc(C(N)C(C)(CC)OC)cc1. The predicted octanol–water partition coefficient (Wildman–Crippen LogP) is 3.45. The normalized spacial score (nSPS) is 16.5. The van der Waals surface area contributed by atoms with E-state index >= 15 is 0 Å². The summed E-state index contributed by atoms with van der Waals surface area (Å²) in [6, 6.07) is 8.52. The first-order valence-electron chi connectivity index (χ1n) is 6.47. The molecule has 0 aliphatic carbocycles. The van der Waals surface area contributed by atoms with Crippen LogP contribution in [-0.4, -0.2) is 12.7 Å². The Bertz CT molecular complexity index is 327. The van der Waals surface area contributed by atoms with Crippen LogP contribution in [0.5, 0.6) is 0 Å². The highest BCUT2D eigenvalue weighted by molar-refractivity contribution is 5.26. The van der Waals surface area contributed by atoms with Gasteiger partial charge >= 0.3 is 0 Å². The second kappa shape index (κ2) is 6.18. The third-order valence-corrected chi connectivity index (χ3v) is 3.70. The van der Waals surface area contributed by atoms with Crippen molar-refractivity contribution in [2.75, 3.05) is 7.11 Å². The van der Waals surface area contributed by atoms with E-state index in [1.165, 1.54) is 12.0 Å². The lowest BCUT2D eigenvalue weighted by Crippen LogP contribution is -2.39. The quantitative estimate of drug-likeness (QED) is 0.819. The molecule has 17 heavy (non-hydrogen) atoms. The third-order valence-electron chi connectivity index (χ3n) is 3.70. The van der Waals surface area contributed by atoms with Crippen molar-refractivity contribution in [1.29, 1.82) is 0 Å². The van der Waals surface area contributed by atoms with Gasteiger partial charge in [0, 0.05) is 7.11 Å². The van der Waals surface area contributed by atoms with Crippen LogP contribution in [0.3, 0.4) is 0 Å². The molecule has 2 N–H and O–H groups in total. The van der Waals surface area contributed by atoms with Gasteiger partial charge in [-0.2, -0.15) is 0 Å². The molecule has 0 radical (unpaired) electrons. The average Bonchev–Trinajstić information content (AvgIpc) is 2.38. The number of rotatable bonds is 6. The smallest absolute Gasteiger partial charge is 0.0839 e. The van der Waals surface area contributed by atoms with Crippen LogP contribution in [0.15, 0.2) is 24.3 Å². The molecule has 0 saturated carbocycles. The molecule has 2 nitrogen and oxygen atoms in total. The van der Waals surface area contributed by atoms with Crippen molar-refractivity contribution in [3.05, 3.63) is 35.4 Å². The average molecular weight is 235 g/mol. The van der Waals surface area contributed by atoms with Crippen molar-refractivity contribution in [2.24, 2.45) is 5.73 Å². The topological polar surface area (TPSA) is 35.2 Å². The van der Waals surface area contributed by atoms with E-state index in [2.05, 4.69) is 45.0 Å². The summed E-state index contributed by atoms with van der Waals surface area (Å²) in [5.41, 5.74) is 8.53. The van der Waals surface area contributed by atoms with Crippen LogP contribution in [0.1, 0.15) is 50.8 Å². The molecule has 0 aromatic heterocycles. The molecule has 0 bridgehead atoms. The third kappa shape index (κ3) is 3.30. The zero-order valence-corrected chi connectivity index (χ0v) is 11.5. The lowest BCUT2D eigenvalue weighted by atomic mass is 9.88. The maximum absolute atomic E-state index is 6.29. The number of ether oxygens (including phenoxy) is 1. The molecule has 96 valence electrons. The molecule has 2 atom stereocenters. The van der Waals surface area contributed by atoms with E-state index in [4.69, 9.17) is 10.5 Å². The monoisotopic (exact) mass is 235 g/mol. The highest BCUT2D eigenvalue weighted by Crippen LogP contribution is 2.29. The minimum Gasteiger partial charge on any atom is -0.377 e. The fourth-order valence-electron chi connectivity index (χ4n) is 2.02. The Kier molecular flexibility index (Phi) is 5.16. The first kappa shape index (κ1) is 14.2. The van der Waals surface area contributed by atoms with Gasteiger partial charge in [-0.15, -0.1) is 0 Å². The highest BCUT2D eigenvalue weighted by atomic mass is 16.5. The summed E-state index contributed by atoms with van der Waals surface area (Å²) >= 11 is 0. The Morgan fingerprint density at radius 3 is 2.24 bits per heavy atom. The first-order valence-corrected chi connectivity index (χ1v) is 6.47. The van der Waals surface area contributed by atoms with Gasteiger partial charge in [0.1, 0.15) is 0 Å². The zero-order valence-electron chi connectivity index (χ0n) is 11.5. The summed E-state index contributed by atoms with van der Waals surface area (Å²) in [4.78, 5) is 0. The molecule has 1 aromatic rings. The number of benzene rings is 1. The summed E-state index contributed by atoms with van der Waals surface area (Å²) < 4.78 is 5.56. The van der Waals surface area contributed by atoms with Crippen LogP contribution in [0.4, 0.5) is 0 Å². The van der Waals surface area contributed by atoms with Gasteiger partial charge in [-0.1, -0.05) is 44.5 Å². The minimum atomic E-state index is -0.285. The van der Waals surface area contributed by atoms with Gasteiger partial charge in [-0.25, -0.2) is 0 Å². The first-order chi connectivity index (χ1) is 8.07. The van der Waals surface area contributed by atoms with Gasteiger partial charge in [0.2, 0.25) is 0 Å². The second-order valence-corrected chi connectivity index (χ2v) is 4.84. The van der Waals surface area contributed by atoms with Crippen LogP contribution in [0, 0.1) is 0 Å².